The van der Waals surface area contributed by atoms with Crippen LogP contribution in [0.2, 0.25) is 0 Å². The number of aromatic nitrogens is 2. The van der Waals surface area contributed by atoms with E-state index in [1.54, 1.807) is 28.6 Å². The molecule has 0 aliphatic carbocycles. The van der Waals surface area contributed by atoms with E-state index < -0.39 is 10.0 Å². The van der Waals surface area contributed by atoms with Crippen LogP contribution in [0.25, 0.3) is 22.9 Å². The van der Waals surface area contributed by atoms with Crippen LogP contribution in [0.1, 0.15) is 19.3 Å². The highest BCUT2D eigenvalue weighted by molar-refractivity contribution is 9.10. The van der Waals surface area contributed by atoms with Gasteiger partial charge in [0.25, 0.3) is 0 Å². The summed E-state index contributed by atoms with van der Waals surface area (Å²) in [4.78, 5) is 0.252. The molecule has 0 N–H and O–H groups in total. The van der Waals surface area contributed by atoms with Crippen LogP contribution in [-0.4, -0.2) is 36.0 Å². The summed E-state index contributed by atoms with van der Waals surface area (Å²) < 4.78 is 34.0. The number of nitrogens with zero attached hydrogens (tertiary/aromatic N) is 3. The third-order valence-corrected chi connectivity index (χ3v) is 7.15. The van der Waals surface area contributed by atoms with E-state index in [0.717, 1.165) is 29.3 Å². The minimum absolute atomic E-state index is 0.252. The SMILES string of the molecule is O=S(=O)(c1cccc(-c2nnc(-c3ccccc3Br)o2)c1)N1CCCCC1. The monoisotopic (exact) mass is 447 g/mol. The average Bonchev–Trinajstić information content (AvgIpc) is 3.19. The van der Waals surface area contributed by atoms with E-state index in [2.05, 4.69) is 26.1 Å². The van der Waals surface area contributed by atoms with Gasteiger partial charge < -0.3 is 4.42 Å². The molecule has 140 valence electrons. The van der Waals surface area contributed by atoms with E-state index in [4.69, 9.17) is 4.42 Å². The summed E-state index contributed by atoms with van der Waals surface area (Å²) in [6.45, 7) is 1.14. The van der Waals surface area contributed by atoms with Crippen molar-refractivity contribution in [1.82, 2.24) is 14.5 Å². The fourth-order valence-electron chi connectivity index (χ4n) is 3.13. The highest BCUT2D eigenvalue weighted by atomic mass is 79.9. The summed E-state index contributed by atoms with van der Waals surface area (Å²) in [6.07, 6.45) is 2.88. The maximum atomic E-state index is 12.9. The first-order chi connectivity index (χ1) is 13.1. The molecule has 0 saturated carbocycles. The van der Waals surface area contributed by atoms with Crippen molar-refractivity contribution in [3.05, 3.63) is 53.0 Å². The van der Waals surface area contributed by atoms with E-state index in [-0.39, 0.29) is 10.8 Å². The molecule has 6 nitrogen and oxygen atoms in total. The van der Waals surface area contributed by atoms with Gasteiger partial charge in [-0.1, -0.05) is 24.6 Å². The molecule has 0 atom stereocenters. The summed E-state index contributed by atoms with van der Waals surface area (Å²) in [5.41, 5.74) is 1.37. The predicted molar refractivity (Wildman–Crippen MR) is 105 cm³/mol. The van der Waals surface area contributed by atoms with Crippen LogP contribution in [0.3, 0.4) is 0 Å². The van der Waals surface area contributed by atoms with Crippen molar-refractivity contribution in [3.63, 3.8) is 0 Å². The highest BCUT2D eigenvalue weighted by Gasteiger charge is 2.26. The van der Waals surface area contributed by atoms with Crippen LogP contribution in [0.4, 0.5) is 0 Å². The van der Waals surface area contributed by atoms with Crippen molar-refractivity contribution in [1.29, 1.82) is 0 Å². The Morgan fingerprint density at radius 3 is 2.44 bits per heavy atom. The molecule has 1 fully saturated rings. The van der Waals surface area contributed by atoms with Crippen LogP contribution in [-0.2, 0) is 10.0 Å². The van der Waals surface area contributed by atoms with E-state index in [9.17, 15) is 8.42 Å². The average molecular weight is 448 g/mol. The van der Waals surface area contributed by atoms with Gasteiger partial charge in [-0.3, -0.25) is 0 Å². The third kappa shape index (κ3) is 3.69. The Bertz CT molecular complexity index is 1060. The van der Waals surface area contributed by atoms with Crippen molar-refractivity contribution in [2.45, 2.75) is 24.2 Å². The van der Waals surface area contributed by atoms with Crippen LogP contribution in [0.15, 0.2) is 62.3 Å². The summed E-state index contributed by atoms with van der Waals surface area (Å²) in [6, 6.07) is 14.2. The number of benzene rings is 2. The standard InChI is InChI=1S/C19H18BrN3O3S/c20-17-10-3-2-9-16(17)19-22-21-18(26-19)14-7-6-8-15(13-14)27(24,25)23-11-4-1-5-12-23/h2-3,6-10,13H,1,4-5,11-12H2. The topological polar surface area (TPSA) is 76.3 Å². The second kappa shape index (κ2) is 7.53. The fourth-order valence-corrected chi connectivity index (χ4v) is 5.15. The van der Waals surface area contributed by atoms with Crippen LogP contribution in [0.5, 0.6) is 0 Å². The lowest BCUT2D eigenvalue weighted by atomic mass is 10.2. The van der Waals surface area contributed by atoms with Crippen LogP contribution in [0, 0.1) is 0 Å². The Labute approximate surface area is 166 Å². The van der Waals surface area contributed by atoms with Gasteiger partial charge in [0.05, 0.1) is 10.5 Å². The van der Waals surface area contributed by atoms with Gasteiger partial charge in [-0.25, -0.2) is 8.42 Å². The fraction of sp³-hybridized carbons (Fsp3) is 0.263. The number of halogens is 1. The summed E-state index contributed by atoms with van der Waals surface area (Å²) in [5, 5.41) is 8.19. The van der Waals surface area contributed by atoms with Gasteiger partial charge in [-0.15, -0.1) is 10.2 Å². The molecule has 1 aromatic heterocycles. The van der Waals surface area contributed by atoms with E-state index in [0.29, 0.717) is 24.5 Å². The Hall–Kier alpha value is -2.03. The number of sulfonamides is 1. The first kappa shape index (κ1) is 18.3. The first-order valence-electron chi connectivity index (χ1n) is 8.75. The van der Waals surface area contributed by atoms with E-state index in [1.807, 2.05) is 24.3 Å². The molecule has 0 spiro atoms. The molecule has 3 aromatic rings. The van der Waals surface area contributed by atoms with Crippen molar-refractivity contribution >= 4 is 26.0 Å². The number of hydrogen-bond donors (Lipinski definition) is 0. The molecular formula is C19H18BrN3O3S. The first-order valence-corrected chi connectivity index (χ1v) is 11.0. The quantitative estimate of drug-likeness (QED) is 0.594. The zero-order valence-electron chi connectivity index (χ0n) is 14.5. The molecule has 1 aliphatic rings. The molecule has 0 amide bonds. The third-order valence-electron chi connectivity index (χ3n) is 4.56. The molecule has 4 rings (SSSR count). The molecule has 0 radical (unpaired) electrons. The lowest BCUT2D eigenvalue weighted by molar-refractivity contribution is 0.346. The Kier molecular flexibility index (Phi) is 5.12. The van der Waals surface area contributed by atoms with Gasteiger partial charge in [0.1, 0.15) is 0 Å². The minimum atomic E-state index is -3.51. The van der Waals surface area contributed by atoms with Gasteiger partial charge in [-0.05, 0) is 59.1 Å². The molecule has 0 unspecified atom stereocenters. The summed E-state index contributed by atoms with van der Waals surface area (Å²) in [5.74, 6) is 0.665. The summed E-state index contributed by atoms with van der Waals surface area (Å²) in [7, 11) is -3.51. The van der Waals surface area contributed by atoms with Crippen molar-refractivity contribution in [2.75, 3.05) is 13.1 Å². The second-order valence-corrected chi connectivity index (χ2v) is 9.18. The summed E-state index contributed by atoms with van der Waals surface area (Å²) >= 11 is 3.47. The lowest BCUT2D eigenvalue weighted by Gasteiger charge is -2.25. The zero-order valence-corrected chi connectivity index (χ0v) is 16.9. The zero-order chi connectivity index (χ0) is 18.9. The van der Waals surface area contributed by atoms with Gasteiger partial charge in [0.2, 0.25) is 21.8 Å². The van der Waals surface area contributed by atoms with Gasteiger partial charge in [-0.2, -0.15) is 4.31 Å². The molecule has 2 heterocycles. The molecule has 2 aromatic carbocycles. The van der Waals surface area contributed by atoms with Crippen LogP contribution < -0.4 is 0 Å². The number of rotatable bonds is 4. The highest BCUT2D eigenvalue weighted by Crippen LogP contribution is 2.30. The number of piperidine rings is 1. The van der Waals surface area contributed by atoms with Crippen molar-refractivity contribution in [2.24, 2.45) is 0 Å². The van der Waals surface area contributed by atoms with Gasteiger partial charge in [0.15, 0.2) is 0 Å². The van der Waals surface area contributed by atoms with E-state index >= 15 is 0 Å². The molecule has 27 heavy (non-hydrogen) atoms. The Balaban J connectivity index is 1.66. The number of hydrogen-bond acceptors (Lipinski definition) is 5. The maximum absolute atomic E-state index is 12.9. The van der Waals surface area contributed by atoms with Gasteiger partial charge >= 0.3 is 0 Å². The molecule has 8 heteroatoms. The molecular weight excluding hydrogens is 430 g/mol. The molecule has 1 saturated heterocycles. The van der Waals surface area contributed by atoms with Crippen LogP contribution >= 0.6 is 15.9 Å². The predicted octanol–water partition coefficient (Wildman–Crippen LogP) is 4.34. The normalized spacial score (nSPS) is 15.7. The van der Waals surface area contributed by atoms with Crippen molar-refractivity contribution < 1.29 is 12.8 Å². The van der Waals surface area contributed by atoms with E-state index in [1.165, 1.54) is 0 Å². The van der Waals surface area contributed by atoms with Crippen molar-refractivity contribution in [3.8, 4) is 22.9 Å². The lowest BCUT2D eigenvalue weighted by Crippen LogP contribution is -2.35. The second-order valence-electron chi connectivity index (χ2n) is 6.38. The largest absolute Gasteiger partial charge is 0.416 e. The Morgan fingerprint density at radius 2 is 1.67 bits per heavy atom. The van der Waals surface area contributed by atoms with Gasteiger partial charge in [0, 0.05) is 23.1 Å². The molecule has 1 aliphatic heterocycles. The smallest absolute Gasteiger partial charge is 0.249 e. The molecule has 0 bridgehead atoms. The maximum Gasteiger partial charge on any atom is 0.249 e. The Morgan fingerprint density at radius 1 is 0.926 bits per heavy atom. The minimum Gasteiger partial charge on any atom is -0.416 e.